The number of carboxylic acids is 1. The lowest BCUT2D eigenvalue weighted by Crippen LogP contribution is -2.15. The number of hydrogen-bond acceptors (Lipinski definition) is 2. The molecule has 0 heterocycles. The van der Waals surface area contributed by atoms with Crippen molar-refractivity contribution in [3.05, 3.63) is 32.5 Å². The molecule has 0 fully saturated rings. The normalized spacial score (nSPS) is 12.6. The molecule has 16 heavy (non-hydrogen) atoms. The minimum Gasteiger partial charge on any atom is -0.479 e. The Morgan fingerprint density at radius 1 is 1.25 bits per heavy atom. The first-order valence-corrected chi connectivity index (χ1v) is 4.88. The van der Waals surface area contributed by atoms with Crippen LogP contribution in [-0.4, -0.2) is 16.2 Å². The number of rotatable bonds is 2. The van der Waals surface area contributed by atoms with Gasteiger partial charge in [-0.05, 0) is 15.9 Å². The molecular weight excluding hydrogens is 316 g/mol. The first-order valence-electron chi connectivity index (χ1n) is 3.71. The van der Waals surface area contributed by atoms with Gasteiger partial charge in [0, 0.05) is 0 Å². The van der Waals surface area contributed by atoms with Crippen molar-refractivity contribution in [3.8, 4) is 0 Å². The van der Waals surface area contributed by atoms with Crippen molar-refractivity contribution in [1.29, 1.82) is 0 Å². The summed E-state index contributed by atoms with van der Waals surface area (Å²) < 4.78 is 38.6. The van der Waals surface area contributed by atoms with Gasteiger partial charge >= 0.3 is 5.97 Å². The van der Waals surface area contributed by atoms with Gasteiger partial charge in [-0.1, -0.05) is 11.6 Å². The molecule has 0 aliphatic carbocycles. The topological polar surface area (TPSA) is 57.5 Å². The number of carboxylic acid groups (broad SMARTS) is 1. The van der Waals surface area contributed by atoms with Crippen LogP contribution in [0.5, 0.6) is 0 Å². The quantitative estimate of drug-likeness (QED) is 0.651. The van der Waals surface area contributed by atoms with Gasteiger partial charge in [-0.15, -0.1) is 0 Å². The van der Waals surface area contributed by atoms with Crippen LogP contribution in [0.15, 0.2) is 4.47 Å². The smallest absolute Gasteiger partial charge is 0.337 e. The number of halogens is 5. The van der Waals surface area contributed by atoms with Gasteiger partial charge in [0.05, 0.1) is 15.1 Å². The van der Waals surface area contributed by atoms with E-state index < -0.39 is 44.6 Å². The van der Waals surface area contributed by atoms with Gasteiger partial charge in [0.2, 0.25) is 0 Å². The van der Waals surface area contributed by atoms with Crippen LogP contribution in [0.3, 0.4) is 0 Å². The van der Waals surface area contributed by atoms with Crippen molar-refractivity contribution >= 4 is 33.5 Å². The fourth-order valence-electron chi connectivity index (χ4n) is 0.985. The largest absolute Gasteiger partial charge is 0.479 e. The molecular formula is C8H3BrClF3O3. The van der Waals surface area contributed by atoms with Crippen molar-refractivity contribution < 1.29 is 28.2 Å². The SMILES string of the molecule is O=C(O)C(O)c1c(F)c(F)c(Br)c(F)c1Cl. The van der Waals surface area contributed by atoms with Crippen molar-refractivity contribution in [1.82, 2.24) is 0 Å². The molecule has 0 aliphatic rings. The average Bonchev–Trinajstić information content (AvgIpc) is 2.23. The summed E-state index contributed by atoms with van der Waals surface area (Å²) >= 11 is 7.68. The average molecular weight is 319 g/mol. The zero-order valence-electron chi connectivity index (χ0n) is 7.27. The molecule has 3 nitrogen and oxygen atoms in total. The molecule has 0 aromatic heterocycles. The summed E-state index contributed by atoms with van der Waals surface area (Å²) in [7, 11) is 0. The van der Waals surface area contributed by atoms with E-state index in [2.05, 4.69) is 15.9 Å². The summed E-state index contributed by atoms with van der Waals surface area (Å²) in [6.45, 7) is 0. The maximum absolute atomic E-state index is 13.2. The second-order valence-corrected chi connectivity index (χ2v) is 3.90. The molecule has 2 N–H and O–H groups in total. The summed E-state index contributed by atoms with van der Waals surface area (Å²) in [6, 6.07) is 0. The Bertz CT molecular complexity index is 437. The van der Waals surface area contributed by atoms with E-state index in [1.54, 1.807) is 0 Å². The van der Waals surface area contributed by atoms with Crippen LogP contribution in [0.2, 0.25) is 5.02 Å². The van der Waals surface area contributed by atoms with E-state index >= 15 is 0 Å². The first-order chi connectivity index (χ1) is 7.29. The molecule has 1 aromatic carbocycles. The highest BCUT2D eigenvalue weighted by Gasteiger charge is 2.30. The Balaban J connectivity index is 3.57. The molecule has 0 amide bonds. The molecule has 0 saturated carbocycles. The maximum Gasteiger partial charge on any atom is 0.337 e. The summed E-state index contributed by atoms with van der Waals surface area (Å²) in [5, 5.41) is 16.4. The van der Waals surface area contributed by atoms with Crippen LogP contribution in [0.4, 0.5) is 13.2 Å². The lowest BCUT2D eigenvalue weighted by atomic mass is 10.1. The van der Waals surface area contributed by atoms with E-state index in [9.17, 15) is 18.0 Å². The second kappa shape index (κ2) is 4.60. The monoisotopic (exact) mass is 318 g/mol. The van der Waals surface area contributed by atoms with Crippen LogP contribution in [0.1, 0.15) is 11.7 Å². The fraction of sp³-hybridized carbons (Fsp3) is 0.125. The molecule has 1 rings (SSSR count). The van der Waals surface area contributed by atoms with Crippen LogP contribution in [-0.2, 0) is 4.79 Å². The zero-order valence-corrected chi connectivity index (χ0v) is 9.61. The summed E-state index contributed by atoms with van der Waals surface area (Å²) in [6.07, 6.45) is -2.44. The second-order valence-electron chi connectivity index (χ2n) is 2.72. The third kappa shape index (κ3) is 2.02. The lowest BCUT2D eigenvalue weighted by molar-refractivity contribution is -0.147. The molecule has 0 radical (unpaired) electrons. The number of benzene rings is 1. The molecule has 1 unspecified atom stereocenters. The van der Waals surface area contributed by atoms with Gasteiger partial charge in [0.15, 0.2) is 23.6 Å². The van der Waals surface area contributed by atoms with Gasteiger partial charge in [0.1, 0.15) is 0 Å². The van der Waals surface area contributed by atoms with Crippen molar-refractivity contribution in [2.24, 2.45) is 0 Å². The molecule has 1 atom stereocenters. The van der Waals surface area contributed by atoms with Crippen molar-refractivity contribution in [2.75, 3.05) is 0 Å². The predicted molar refractivity (Wildman–Crippen MR) is 51.6 cm³/mol. The fourth-order valence-corrected chi connectivity index (χ4v) is 1.75. The highest BCUT2D eigenvalue weighted by molar-refractivity contribution is 9.10. The highest BCUT2D eigenvalue weighted by Crippen LogP contribution is 2.35. The van der Waals surface area contributed by atoms with Crippen LogP contribution in [0.25, 0.3) is 0 Å². The Kier molecular flexibility index (Phi) is 3.82. The number of aliphatic hydroxyl groups excluding tert-OH is 1. The summed E-state index contributed by atoms with van der Waals surface area (Å²) in [4.78, 5) is 10.4. The van der Waals surface area contributed by atoms with Crippen molar-refractivity contribution in [3.63, 3.8) is 0 Å². The van der Waals surface area contributed by atoms with E-state index in [4.69, 9.17) is 21.8 Å². The van der Waals surface area contributed by atoms with E-state index in [1.165, 1.54) is 0 Å². The van der Waals surface area contributed by atoms with Crippen LogP contribution < -0.4 is 0 Å². The first kappa shape index (κ1) is 13.3. The minimum absolute atomic E-state index is 0.865. The van der Waals surface area contributed by atoms with Crippen molar-refractivity contribution in [2.45, 2.75) is 6.10 Å². The summed E-state index contributed by atoms with van der Waals surface area (Å²) in [5.74, 6) is -6.62. The Hall–Kier alpha value is -0.790. The number of aliphatic carboxylic acids is 1. The highest BCUT2D eigenvalue weighted by atomic mass is 79.9. The van der Waals surface area contributed by atoms with E-state index in [1.807, 2.05) is 0 Å². The Labute approximate surface area is 101 Å². The molecule has 1 aromatic rings. The molecule has 8 heteroatoms. The standard InChI is InChI=1S/C8H3BrClF3O3/c9-2-5(12)3(10)1(4(11)6(2)13)7(14)8(15)16/h7,14H,(H,15,16). The number of carbonyl (C=O) groups is 1. The molecule has 0 bridgehead atoms. The minimum atomic E-state index is -2.44. The van der Waals surface area contributed by atoms with Gasteiger partial charge < -0.3 is 10.2 Å². The van der Waals surface area contributed by atoms with Gasteiger partial charge in [-0.25, -0.2) is 18.0 Å². The third-order valence-electron chi connectivity index (χ3n) is 1.75. The summed E-state index contributed by atoms with van der Waals surface area (Å²) in [5.41, 5.74) is -1.15. The lowest BCUT2D eigenvalue weighted by Gasteiger charge is -2.12. The molecule has 0 aliphatic heterocycles. The van der Waals surface area contributed by atoms with E-state index in [0.29, 0.717) is 0 Å². The van der Waals surface area contributed by atoms with E-state index in [-0.39, 0.29) is 0 Å². The predicted octanol–water partition coefficient (Wildman–Crippen LogP) is 2.64. The number of aliphatic hydroxyl groups is 1. The maximum atomic E-state index is 13.2. The van der Waals surface area contributed by atoms with Gasteiger partial charge in [0.25, 0.3) is 0 Å². The molecule has 0 spiro atoms. The molecule has 0 saturated heterocycles. The van der Waals surface area contributed by atoms with Crippen LogP contribution in [0, 0.1) is 17.5 Å². The van der Waals surface area contributed by atoms with Gasteiger partial charge in [-0.2, -0.15) is 0 Å². The zero-order chi connectivity index (χ0) is 12.6. The van der Waals surface area contributed by atoms with Gasteiger partial charge in [-0.3, -0.25) is 0 Å². The Morgan fingerprint density at radius 2 is 1.75 bits per heavy atom. The Morgan fingerprint density at radius 3 is 2.19 bits per heavy atom. The third-order valence-corrected chi connectivity index (χ3v) is 2.82. The van der Waals surface area contributed by atoms with E-state index in [0.717, 1.165) is 0 Å². The van der Waals surface area contributed by atoms with Crippen LogP contribution >= 0.6 is 27.5 Å². The number of hydrogen-bond donors (Lipinski definition) is 2. The molecule has 88 valence electrons.